The van der Waals surface area contributed by atoms with Crippen molar-refractivity contribution in [3.63, 3.8) is 0 Å². The number of hydrogen-bond acceptors (Lipinski definition) is 6. The fourth-order valence-electron chi connectivity index (χ4n) is 2.95. The number of amides is 1. The molecular formula is C17H25N7O. The van der Waals surface area contributed by atoms with Gasteiger partial charge in [-0.1, -0.05) is 0 Å². The zero-order valence-electron chi connectivity index (χ0n) is 14.9. The van der Waals surface area contributed by atoms with E-state index in [2.05, 4.69) is 30.2 Å². The van der Waals surface area contributed by atoms with Gasteiger partial charge in [0.2, 0.25) is 5.95 Å². The van der Waals surface area contributed by atoms with E-state index in [-0.39, 0.29) is 5.91 Å². The normalized spacial score (nSPS) is 15.4. The highest BCUT2D eigenvalue weighted by atomic mass is 16.1. The van der Waals surface area contributed by atoms with Crippen LogP contribution in [0.1, 0.15) is 22.5 Å². The number of hydrogen-bond donors (Lipinski definition) is 1. The lowest BCUT2D eigenvalue weighted by Crippen LogP contribution is -2.47. The van der Waals surface area contributed by atoms with Crippen molar-refractivity contribution in [1.29, 1.82) is 0 Å². The lowest BCUT2D eigenvalue weighted by atomic mass is 10.2. The smallest absolute Gasteiger partial charge is 0.254 e. The number of aryl methyl sites for hydroxylation is 1. The highest BCUT2D eigenvalue weighted by Gasteiger charge is 2.18. The van der Waals surface area contributed by atoms with Crippen LogP contribution in [0.4, 0.5) is 5.95 Å². The zero-order valence-corrected chi connectivity index (χ0v) is 14.9. The average Bonchev–Trinajstić information content (AvgIpc) is 2.99. The molecule has 0 radical (unpaired) electrons. The predicted octanol–water partition coefficient (Wildman–Crippen LogP) is 0.461. The SMILES string of the molecule is Cc1c(C(=O)NCCCN2CCN(c3ncccn3)CC2)cnn1C. The Bertz CT molecular complexity index is 692. The van der Waals surface area contributed by atoms with Crippen LogP contribution in [-0.2, 0) is 7.05 Å². The van der Waals surface area contributed by atoms with Crippen LogP contribution < -0.4 is 10.2 Å². The minimum absolute atomic E-state index is 0.0448. The molecule has 0 atom stereocenters. The molecule has 1 aliphatic rings. The summed E-state index contributed by atoms with van der Waals surface area (Å²) in [5, 5.41) is 7.08. The van der Waals surface area contributed by atoms with Crippen molar-refractivity contribution in [2.24, 2.45) is 7.05 Å². The molecule has 0 aliphatic carbocycles. The monoisotopic (exact) mass is 343 g/mol. The summed E-state index contributed by atoms with van der Waals surface area (Å²) in [6, 6.07) is 1.83. The zero-order chi connectivity index (χ0) is 17.6. The van der Waals surface area contributed by atoms with Crippen LogP contribution >= 0.6 is 0 Å². The van der Waals surface area contributed by atoms with Gasteiger partial charge in [0.05, 0.1) is 11.8 Å². The van der Waals surface area contributed by atoms with Crippen molar-refractivity contribution >= 4 is 11.9 Å². The van der Waals surface area contributed by atoms with E-state index >= 15 is 0 Å². The third-order valence-electron chi connectivity index (χ3n) is 4.62. The highest BCUT2D eigenvalue weighted by Crippen LogP contribution is 2.10. The van der Waals surface area contributed by atoms with E-state index in [4.69, 9.17) is 0 Å². The largest absolute Gasteiger partial charge is 0.352 e. The van der Waals surface area contributed by atoms with E-state index < -0.39 is 0 Å². The van der Waals surface area contributed by atoms with E-state index in [0.717, 1.165) is 50.8 Å². The number of carbonyl (C=O) groups is 1. The summed E-state index contributed by atoms with van der Waals surface area (Å²) < 4.78 is 1.71. The number of rotatable bonds is 6. The Balaban J connectivity index is 1.35. The van der Waals surface area contributed by atoms with Crippen LogP contribution in [0.15, 0.2) is 24.7 Å². The molecule has 0 spiro atoms. The van der Waals surface area contributed by atoms with Crippen LogP contribution in [0, 0.1) is 6.92 Å². The van der Waals surface area contributed by atoms with Gasteiger partial charge in [0, 0.05) is 57.9 Å². The molecule has 2 aromatic rings. The van der Waals surface area contributed by atoms with E-state index in [9.17, 15) is 4.79 Å². The predicted molar refractivity (Wildman–Crippen MR) is 95.6 cm³/mol. The molecule has 0 unspecified atom stereocenters. The summed E-state index contributed by atoms with van der Waals surface area (Å²) in [5.41, 5.74) is 1.54. The molecular weight excluding hydrogens is 318 g/mol. The van der Waals surface area contributed by atoms with Gasteiger partial charge in [0.25, 0.3) is 5.91 Å². The molecule has 1 N–H and O–H groups in total. The summed E-state index contributed by atoms with van der Waals surface area (Å²) in [7, 11) is 1.84. The fraction of sp³-hybridized carbons (Fsp3) is 0.529. The molecule has 2 aromatic heterocycles. The van der Waals surface area contributed by atoms with E-state index in [1.807, 2.05) is 20.0 Å². The first-order valence-electron chi connectivity index (χ1n) is 8.66. The van der Waals surface area contributed by atoms with Crippen molar-refractivity contribution < 1.29 is 4.79 Å². The lowest BCUT2D eigenvalue weighted by molar-refractivity contribution is 0.0950. The summed E-state index contributed by atoms with van der Waals surface area (Å²) in [6.45, 7) is 7.42. The Morgan fingerprint density at radius 2 is 1.92 bits per heavy atom. The minimum Gasteiger partial charge on any atom is -0.352 e. The number of carbonyl (C=O) groups excluding carboxylic acids is 1. The second-order valence-corrected chi connectivity index (χ2v) is 6.25. The molecule has 0 bridgehead atoms. The molecule has 3 rings (SSSR count). The first-order chi connectivity index (χ1) is 12.1. The molecule has 1 aliphatic heterocycles. The van der Waals surface area contributed by atoms with Crippen LogP contribution in [0.2, 0.25) is 0 Å². The van der Waals surface area contributed by atoms with Crippen molar-refractivity contribution in [3.05, 3.63) is 35.9 Å². The Morgan fingerprint density at radius 1 is 1.20 bits per heavy atom. The van der Waals surface area contributed by atoms with Crippen molar-refractivity contribution in [2.45, 2.75) is 13.3 Å². The summed E-state index contributed by atoms with van der Waals surface area (Å²) in [5.74, 6) is 0.762. The van der Waals surface area contributed by atoms with Gasteiger partial charge < -0.3 is 10.2 Å². The summed E-state index contributed by atoms with van der Waals surface area (Å²) >= 11 is 0. The Hall–Kier alpha value is -2.48. The number of aromatic nitrogens is 4. The maximum Gasteiger partial charge on any atom is 0.254 e. The standard InChI is InChI=1S/C17H25N7O/c1-14-15(13-21-22(14)2)16(25)18-7-4-8-23-9-11-24(12-10-23)17-19-5-3-6-20-17/h3,5-6,13H,4,7-12H2,1-2H3,(H,18,25). The third kappa shape index (κ3) is 4.33. The molecule has 0 aromatic carbocycles. The van der Waals surface area contributed by atoms with Gasteiger partial charge in [-0.3, -0.25) is 14.4 Å². The molecule has 134 valence electrons. The van der Waals surface area contributed by atoms with Crippen LogP contribution in [0.3, 0.4) is 0 Å². The molecule has 0 saturated carbocycles. The third-order valence-corrected chi connectivity index (χ3v) is 4.62. The van der Waals surface area contributed by atoms with E-state index in [1.165, 1.54) is 0 Å². The summed E-state index contributed by atoms with van der Waals surface area (Å²) in [6.07, 6.45) is 6.12. The van der Waals surface area contributed by atoms with Gasteiger partial charge in [0.15, 0.2) is 0 Å². The summed E-state index contributed by atoms with van der Waals surface area (Å²) in [4.78, 5) is 25.4. The first-order valence-corrected chi connectivity index (χ1v) is 8.66. The fourth-order valence-corrected chi connectivity index (χ4v) is 2.95. The van der Waals surface area contributed by atoms with Crippen LogP contribution in [0.5, 0.6) is 0 Å². The number of nitrogens with one attached hydrogen (secondary N) is 1. The van der Waals surface area contributed by atoms with Gasteiger partial charge in [0.1, 0.15) is 0 Å². The maximum absolute atomic E-state index is 12.1. The maximum atomic E-state index is 12.1. The quantitative estimate of drug-likeness (QED) is 0.768. The Morgan fingerprint density at radius 3 is 2.56 bits per heavy atom. The van der Waals surface area contributed by atoms with Crippen LogP contribution in [-0.4, -0.2) is 69.8 Å². The molecule has 3 heterocycles. The van der Waals surface area contributed by atoms with Crippen molar-refractivity contribution in [1.82, 2.24) is 30.0 Å². The molecule has 1 saturated heterocycles. The second-order valence-electron chi connectivity index (χ2n) is 6.25. The Labute approximate surface area is 147 Å². The van der Waals surface area contributed by atoms with Gasteiger partial charge in [-0.25, -0.2) is 9.97 Å². The number of piperazine rings is 1. The Kier molecular flexibility index (Phi) is 5.60. The number of nitrogens with zero attached hydrogens (tertiary/aromatic N) is 6. The van der Waals surface area contributed by atoms with Crippen LogP contribution in [0.25, 0.3) is 0 Å². The minimum atomic E-state index is -0.0448. The van der Waals surface area contributed by atoms with Gasteiger partial charge in [-0.2, -0.15) is 5.10 Å². The molecule has 8 heteroatoms. The molecule has 1 fully saturated rings. The molecule has 1 amide bonds. The van der Waals surface area contributed by atoms with Crippen molar-refractivity contribution in [2.75, 3.05) is 44.2 Å². The highest BCUT2D eigenvalue weighted by molar-refractivity contribution is 5.94. The first kappa shape index (κ1) is 17.3. The average molecular weight is 343 g/mol. The van der Waals surface area contributed by atoms with Gasteiger partial charge in [-0.15, -0.1) is 0 Å². The van der Waals surface area contributed by atoms with Crippen molar-refractivity contribution in [3.8, 4) is 0 Å². The van der Waals surface area contributed by atoms with Gasteiger partial charge in [-0.05, 0) is 26.0 Å². The topological polar surface area (TPSA) is 79.2 Å². The second kappa shape index (κ2) is 8.06. The lowest BCUT2D eigenvalue weighted by Gasteiger charge is -2.34. The molecule has 25 heavy (non-hydrogen) atoms. The van der Waals surface area contributed by atoms with E-state index in [0.29, 0.717) is 12.1 Å². The number of anilines is 1. The molecule has 8 nitrogen and oxygen atoms in total. The van der Waals surface area contributed by atoms with E-state index in [1.54, 1.807) is 23.3 Å². The van der Waals surface area contributed by atoms with Gasteiger partial charge >= 0.3 is 0 Å².